The average Bonchev–Trinajstić information content (AvgIpc) is 2.47. The average molecular weight is 289 g/mol. The molecule has 0 saturated heterocycles. The second-order valence-corrected chi connectivity index (χ2v) is 4.57. The van der Waals surface area contributed by atoms with Gasteiger partial charge in [0.25, 0.3) is 0 Å². The lowest BCUT2D eigenvalue weighted by Crippen LogP contribution is -2.11. The molecule has 2 rings (SSSR count). The van der Waals surface area contributed by atoms with Crippen molar-refractivity contribution in [2.45, 2.75) is 6.92 Å². The molecule has 0 aliphatic rings. The third-order valence-corrected chi connectivity index (χ3v) is 2.96. The predicted octanol–water partition coefficient (Wildman–Crippen LogP) is 3.32. The molecule has 0 aliphatic carbocycles. The van der Waals surface area contributed by atoms with Crippen LogP contribution in [0, 0.1) is 12.7 Å². The van der Waals surface area contributed by atoms with Gasteiger partial charge in [0.1, 0.15) is 18.2 Å². The molecule has 0 unspecified atom stereocenters. The highest BCUT2D eigenvalue weighted by Crippen LogP contribution is 2.14. The molecule has 110 valence electrons. The van der Waals surface area contributed by atoms with Crippen LogP contribution in [0.15, 0.2) is 42.5 Å². The highest BCUT2D eigenvalue weighted by atomic mass is 19.1. The number of hydrogen-bond donors (Lipinski definition) is 2. The highest BCUT2D eigenvalue weighted by Gasteiger charge is 2.02. The van der Waals surface area contributed by atoms with E-state index in [0.717, 1.165) is 5.69 Å². The Morgan fingerprint density at radius 3 is 2.57 bits per heavy atom. The van der Waals surface area contributed by atoms with Crippen LogP contribution in [0.5, 0.6) is 5.75 Å². The van der Waals surface area contributed by atoms with Gasteiger partial charge in [0.15, 0.2) is 0 Å². The molecule has 0 saturated carbocycles. The van der Waals surface area contributed by atoms with Crippen LogP contribution >= 0.6 is 0 Å². The smallest absolute Gasteiger partial charge is 0.335 e. The third-order valence-electron chi connectivity index (χ3n) is 2.96. The van der Waals surface area contributed by atoms with Crippen LogP contribution in [0.1, 0.15) is 15.9 Å². The summed E-state index contributed by atoms with van der Waals surface area (Å²) in [5.41, 5.74) is 1.64. The van der Waals surface area contributed by atoms with Crippen LogP contribution in [-0.4, -0.2) is 24.2 Å². The van der Waals surface area contributed by atoms with Gasteiger partial charge in [0.05, 0.1) is 5.56 Å². The van der Waals surface area contributed by atoms with Gasteiger partial charge in [-0.2, -0.15) is 0 Å². The fourth-order valence-electron chi connectivity index (χ4n) is 1.81. The van der Waals surface area contributed by atoms with Gasteiger partial charge in [-0.25, -0.2) is 9.18 Å². The van der Waals surface area contributed by atoms with Gasteiger partial charge in [-0.1, -0.05) is 0 Å². The van der Waals surface area contributed by atoms with E-state index < -0.39 is 5.97 Å². The first-order valence-electron chi connectivity index (χ1n) is 6.52. The quantitative estimate of drug-likeness (QED) is 0.801. The van der Waals surface area contributed by atoms with Gasteiger partial charge in [-0.3, -0.25) is 0 Å². The summed E-state index contributed by atoms with van der Waals surface area (Å²) in [7, 11) is 0. The fourth-order valence-corrected chi connectivity index (χ4v) is 1.81. The molecular formula is C16H16FNO3. The lowest BCUT2D eigenvalue weighted by Gasteiger charge is -2.09. The second kappa shape index (κ2) is 6.74. The maximum absolute atomic E-state index is 13.1. The molecule has 0 radical (unpaired) electrons. The van der Waals surface area contributed by atoms with E-state index in [0.29, 0.717) is 24.5 Å². The Labute approximate surface area is 122 Å². The molecule has 0 amide bonds. The van der Waals surface area contributed by atoms with Crippen LogP contribution in [0.25, 0.3) is 0 Å². The van der Waals surface area contributed by atoms with Crippen molar-refractivity contribution in [3.05, 3.63) is 59.4 Å². The normalized spacial score (nSPS) is 10.2. The minimum absolute atomic E-state index is 0.224. The lowest BCUT2D eigenvalue weighted by molar-refractivity contribution is 0.0697. The Bertz CT molecular complexity index is 626. The number of aromatic carboxylic acids is 1. The minimum atomic E-state index is -0.963. The third kappa shape index (κ3) is 4.21. The van der Waals surface area contributed by atoms with E-state index in [-0.39, 0.29) is 11.4 Å². The number of benzene rings is 2. The van der Waals surface area contributed by atoms with Crippen molar-refractivity contribution in [1.82, 2.24) is 0 Å². The molecule has 0 atom stereocenters. The van der Waals surface area contributed by atoms with Crippen molar-refractivity contribution >= 4 is 11.7 Å². The van der Waals surface area contributed by atoms with Crippen LogP contribution in [0.3, 0.4) is 0 Å². The number of carbonyl (C=O) groups is 1. The molecule has 0 heterocycles. The fraction of sp³-hybridized carbons (Fsp3) is 0.188. The summed E-state index contributed by atoms with van der Waals surface area (Å²) < 4.78 is 18.6. The minimum Gasteiger partial charge on any atom is -0.492 e. The lowest BCUT2D eigenvalue weighted by atomic mass is 10.2. The van der Waals surface area contributed by atoms with E-state index in [1.54, 1.807) is 31.2 Å². The van der Waals surface area contributed by atoms with E-state index in [1.165, 1.54) is 18.2 Å². The first-order chi connectivity index (χ1) is 10.1. The van der Waals surface area contributed by atoms with Gasteiger partial charge >= 0.3 is 5.97 Å². The summed E-state index contributed by atoms with van der Waals surface area (Å²) in [5, 5.41) is 11.9. The van der Waals surface area contributed by atoms with E-state index >= 15 is 0 Å². The summed E-state index contributed by atoms with van der Waals surface area (Å²) in [6, 6.07) is 11.0. The molecule has 2 aromatic rings. The molecule has 4 nitrogen and oxygen atoms in total. The van der Waals surface area contributed by atoms with Gasteiger partial charge < -0.3 is 15.2 Å². The maximum atomic E-state index is 13.1. The first-order valence-corrected chi connectivity index (χ1v) is 6.52. The number of anilines is 1. The molecule has 0 fully saturated rings. The Balaban J connectivity index is 1.79. The number of rotatable bonds is 6. The summed E-state index contributed by atoms with van der Waals surface area (Å²) in [6.45, 7) is 2.69. The van der Waals surface area contributed by atoms with Gasteiger partial charge in [-0.05, 0) is 55.0 Å². The molecular weight excluding hydrogens is 273 g/mol. The van der Waals surface area contributed by atoms with E-state index in [2.05, 4.69) is 5.32 Å². The Morgan fingerprint density at radius 2 is 1.95 bits per heavy atom. The van der Waals surface area contributed by atoms with Crippen LogP contribution < -0.4 is 10.1 Å². The van der Waals surface area contributed by atoms with Gasteiger partial charge in [0, 0.05) is 12.2 Å². The monoisotopic (exact) mass is 289 g/mol. The van der Waals surface area contributed by atoms with Crippen LogP contribution in [-0.2, 0) is 0 Å². The number of ether oxygens (including phenoxy) is 1. The molecule has 2 aromatic carbocycles. The van der Waals surface area contributed by atoms with Crippen LogP contribution in [0.4, 0.5) is 10.1 Å². The number of aryl methyl sites for hydroxylation is 1. The predicted molar refractivity (Wildman–Crippen MR) is 78.5 cm³/mol. The Morgan fingerprint density at radius 1 is 1.24 bits per heavy atom. The molecule has 21 heavy (non-hydrogen) atoms. The SMILES string of the molecule is Cc1cc(NCCOc2ccc(C(=O)O)cc2)ccc1F. The van der Waals surface area contributed by atoms with Gasteiger partial charge in [-0.15, -0.1) is 0 Å². The number of carboxylic acid groups (broad SMARTS) is 1. The van der Waals surface area contributed by atoms with Crippen LogP contribution in [0.2, 0.25) is 0 Å². The Hall–Kier alpha value is -2.56. The summed E-state index contributed by atoms with van der Waals surface area (Å²) >= 11 is 0. The number of carboxylic acids is 1. The van der Waals surface area contributed by atoms with Crippen molar-refractivity contribution in [2.24, 2.45) is 0 Å². The number of nitrogens with one attached hydrogen (secondary N) is 1. The zero-order valence-corrected chi connectivity index (χ0v) is 11.6. The number of hydrogen-bond acceptors (Lipinski definition) is 3. The zero-order chi connectivity index (χ0) is 15.2. The largest absolute Gasteiger partial charge is 0.492 e. The van der Waals surface area contributed by atoms with Gasteiger partial charge in [0.2, 0.25) is 0 Å². The second-order valence-electron chi connectivity index (χ2n) is 4.57. The molecule has 5 heteroatoms. The zero-order valence-electron chi connectivity index (χ0n) is 11.6. The summed E-state index contributed by atoms with van der Waals surface area (Å²) in [6.07, 6.45) is 0. The van der Waals surface area contributed by atoms with Crippen molar-refractivity contribution in [2.75, 3.05) is 18.5 Å². The van der Waals surface area contributed by atoms with Crippen molar-refractivity contribution in [3.8, 4) is 5.75 Å². The van der Waals surface area contributed by atoms with E-state index in [1.807, 2.05) is 0 Å². The molecule has 2 N–H and O–H groups in total. The van der Waals surface area contributed by atoms with Crippen molar-refractivity contribution < 1.29 is 19.0 Å². The van der Waals surface area contributed by atoms with E-state index in [9.17, 15) is 9.18 Å². The molecule has 0 aliphatic heterocycles. The Kier molecular flexibility index (Phi) is 4.77. The summed E-state index contributed by atoms with van der Waals surface area (Å²) in [5.74, 6) is -0.581. The molecule has 0 spiro atoms. The topological polar surface area (TPSA) is 58.6 Å². The summed E-state index contributed by atoms with van der Waals surface area (Å²) in [4.78, 5) is 10.7. The molecule has 0 bridgehead atoms. The first kappa shape index (κ1) is 14.8. The standard InChI is InChI=1S/C16H16FNO3/c1-11-10-13(4-7-15(11)17)18-8-9-21-14-5-2-12(3-6-14)16(19)20/h2-7,10,18H,8-9H2,1H3,(H,19,20). The van der Waals surface area contributed by atoms with Crippen molar-refractivity contribution in [1.29, 1.82) is 0 Å². The highest BCUT2D eigenvalue weighted by molar-refractivity contribution is 5.87. The van der Waals surface area contributed by atoms with E-state index in [4.69, 9.17) is 9.84 Å². The maximum Gasteiger partial charge on any atom is 0.335 e. The number of halogens is 1. The molecule has 0 aromatic heterocycles. The van der Waals surface area contributed by atoms with Crippen molar-refractivity contribution in [3.63, 3.8) is 0 Å².